The minimum absolute atomic E-state index is 0.171. The standard InChI is InChI=1S/C15H15NO3/c17-16(18)12-14-7-4-8-15(11-14)19-10-9-13-5-2-1-3-6-13/h1-8,11H,9-10,12H2. The van der Waals surface area contributed by atoms with Crippen LogP contribution in [0.15, 0.2) is 54.6 Å². The first kappa shape index (κ1) is 13.1. The zero-order valence-corrected chi connectivity index (χ0v) is 10.5. The number of hydrogen-bond donors (Lipinski definition) is 0. The molecule has 4 nitrogen and oxygen atoms in total. The van der Waals surface area contributed by atoms with Crippen LogP contribution >= 0.6 is 0 Å². The second-order valence-corrected chi connectivity index (χ2v) is 4.22. The van der Waals surface area contributed by atoms with Crippen molar-refractivity contribution in [3.63, 3.8) is 0 Å². The molecule has 0 saturated carbocycles. The Morgan fingerprint density at radius 2 is 1.74 bits per heavy atom. The third kappa shape index (κ3) is 4.43. The fraction of sp³-hybridized carbons (Fsp3) is 0.200. The highest BCUT2D eigenvalue weighted by Gasteiger charge is 2.03. The molecule has 0 heterocycles. The van der Waals surface area contributed by atoms with E-state index < -0.39 is 0 Å². The summed E-state index contributed by atoms with van der Waals surface area (Å²) in [6, 6.07) is 17.1. The summed E-state index contributed by atoms with van der Waals surface area (Å²) in [5.74, 6) is 0.676. The van der Waals surface area contributed by atoms with Gasteiger partial charge >= 0.3 is 0 Å². The Bertz CT molecular complexity index is 540. The number of rotatable bonds is 6. The van der Waals surface area contributed by atoms with Gasteiger partial charge in [0.15, 0.2) is 0 Å². The van der Waals surface area contributed by atoms with Gasteiger partial charge in [-0.2, -0.15) is 0 Å². The van der Waals surface area contributed by atoms with Crippen molar-refractivity contribution in [1.29, 1.82) is 0 Å². The van der Waals surface area contributed by atoms with Gasteiger partial charge in [0.2, 0.25) is 6.54 Å². The maximum absolute atomic E-state index is 10.4. The maximum Gasteiger partial charge on any atom is 0.229 e. The van der Waals surface area contributed by atoms with Crippen LogP contribution < -0.4 is 4.74 Å². The Balaban J connectivity index is 1.87. The highest BCUT2D eigenvalue weighted by Crippen LogP contribution is 2.14. The summed E-state index contributed by atoms with van der Waals surface area (Å²) in [6.07, 6.45) is 0.820. The van der Waals surface area contributed by atoms with E-state index in [1.165, 1.54) is 5.56 Å². The van der Waals surface area contributed by atoms with Crippen molar-refractivity contribution in [1.82, 2.24) is 0 Å². The van der Waals surface area contributed by atoms with Crippen LogP contribution in [0.4, 0.5) is 0 Å². The molecule has 2 aromatic carbocycles. The summed E-state index contributed by atoms with van der Waals surface area (Å²) in [4.78, 5) is 10.1. The molecular weight excluding hydrogens is 242 g/mol. The lowest BCUT2D eigenvalue weighted by atomic mass is 10.2. The Labute approximate surface area is 111 Å². The Kier molecular flexibility index (Phi) is 4.50. The lowest BCUT2D eigenvalue weighted by Gasteiger charge is -2.07. The molecule has 0 unspecified atom stereocenters. The number of nitrogens with zero attached hydrogens (tertiary/aromatic N) is 1. The Morgan fingerprint density at radius 1 is 1.00 bits per heavy atom. The van der Waals surface area contributed by atoms with Crippen LogP contribution in [0.1, 0.15) is 11.1 Å². The molecule has 2 rings (SSSR count). The molecule has 0 amide bonds. The van der Waals surface area contributed by atoms with E-state index in [1.54, 1.807) is 18.2 Å². The average molecular weight is 257 g/mol. The quantitative estimate of drug-likeness (QED) is 0.590. The molecule has 0 fully saturated rings. The summed E-state index contributed by atoms with van der Waals surface area (Å²) in [6.45, 7) is 0.391. The SMILES string of the molecule is O=[N+]([O-])Cc1cccc(OCCc2ccccc2)c1. The van der Waals surface area contributed by atoms with Gasteiger partial charge in [0.1, 0.15) is 5.75 Å². The first-order valence-corrected chi connectivity index (χ1v) is 6.11. The van der Waals surface area contributed by atoms with E-state index in [0.717, 1.165) is 6.42 Å². The van der Waals surface area contributed by atoms with Crippen molar-refractivity contribution in [2.45, 2.75) is 13.0 Å². The van der Waals surface area contributed by atoms with E-state index in [0.29, 0.717) is 17.9 Å². The van der Waals surface area contributed by atoms with E-state index in [9.17, 15) is 10.1 Å². The van der Waals surface area contributed by atoms with Gasteiger partial charge in [-0.1, -0.05) is 42.5 Å². The van der Waals surface area contributed by atoms with Crippen molar-refractivity contribution in [2.24, 2.45) is 0 Å². The Morgan fingerprint density at radius 3 is 2.47 bits per heavy atom. The molecule has 2 aromatic rings. The van der Waals surface area contributed by atoms with Gasteiger partial charge < -0.3 is 4.74 Å². The lowest BCUT2D eigenvalue weighted by molar-refractivity contribution is -0.496. The van der Waals surface area contributed by atoms with Crippen molar-refractivity contribution >= 4 is 0 Å². The van der Waals surface area contributed by atoms with E-state index >= 15 is 0 Å². The first-order chi connectivity index (χ1) is 9.24. The molecule has 0 N–H and O–H groups in total. The van der Waals surface area contributed by atoms with Crippen molar-refractivity contribution in [3.05, 3.63) is 75.8 Å². The highest BCUT2D eigenvalue weighted by molar-refractivity contribution is 5.28. The van der Waals surface area contributed by atoms with Gasteiger partial charge in [-0.25, -0.2) is 0 Å². The Hall–Kier alpha value is -2.36. The van der Waals surface area contributed by atoms with Crippen LogP contribution in [0, 0.1) is 10.1 Å². The van der Waals surface area contributed by atoms with Crippen LogP contribution in [0.25, 0.3) is 0 Å². The number of hydrogen-bond acceptors (Lipinski definition) is 3. The van der Waals surface area contributed by atoms with Crippen LogP contribution in [-0.2, 0) is 13.0 Å². The summed E-state index contributed by atoms with van der Waals surface area (Å²) >= 11 is 0. The normalized spacial score (nSPS) is 10.1. The molecule has 0 spiro atoms. The fourth-order valence-electron chi connectivity index (χ4n) is 1.81. The largest absolute Gasteiger partial charge is 0.493 e. The smallest absolute Gasteiger partial charge is 0.229 e. The lowest BCUT2D eigenvalue weighted by Crippen LogP contribution is -2.02. The molecule has 0 atom stereocenters. The molecule has 0 aliphatic carbocycles. The van der Waals surface area contributed by atoms with Crippen LogP contribution in [0.5, 0.6) is 5.75 Å². The third-order valence-electron chi connectivity index (χ3n) is 2.71. The van der Waals surface area contributed by atoms with Crippen LogP contribution in [0.2, 0.25) is 0 Å². The van der Waals surface area contributed by atoms with Gasteiger partial charge in [0.05, 0.1) is 6.61 Å². The number of benzene rings is 2. The molecule has 0 saturated heterocycles. The molecule has 0 aliphatic rings. The fourth-order valence-corrected chi connectivity index (χ4v) is 1.81. The van der Waals surface area contributed by atoms with Gasteiger partial charge in [0, 0.05) is 16.9 Å². The third-order valence-corrected chi connectivity index (χ3v) is 2.71. The van der Waals surface area contributed by atoms with E-state index in [4.69, 9.17) is 4.74 Å². The minimum Gasteiger partial charge on any atom is -0.493 e. The van der Waals surface area contributed by atoms with Crippen LogP contribution in [-0.4, -0.2) is 11.5 Å². The van der Waals surface area contributed by atoms with Crippen molar-refractivity contribution in [2.75, 3.05) is 6.61 Å². The average Bonchev–Trinajstić information content (AvgIpc) is 2.40. The topological polar surface area (TPSA) is 52.4 Å². The van der Waals surface area contributed by atoms with Crippen molar-refractivity contribution in [3.8, 4) is 5.75 Å². The van der Waals surface area contributed by atoms with Crippen molar-refractivity contribution < 1.29 is 9.66 Å². The van der Waals surface area contributed by atoms with Gasteiger partial charge in [0.25, 0.3) is 0 Å². The molecule has 0 aliphatic heterocycles. The van der Waals surface area contributed by atoms with E-state index in [1.807, 2.05) is 36.4 Å². The molecule has 4 heteroatoms. The minimum atomic E-state index is -0.344. The molecule has 0 aromatic heterocycles. The predicted octanol–water partition coefficient (Wildman–Crippen LogP) is 3.08. The monoisotopic (exact) mass is 257 g/mol. The first-order valence-electron chi connectivity index (χ1n) is 6.11. The zero-order valence-electron chi connectivity index (χ0n) is 10.5. The summed E-state index contributed by atoms with van der Waals surface area (Å²) in [5.41, 5.74) is 1.87. The van der Waals surface area contributed by atoms with E-state index in [2.05, 4.69) is 0 Å². The second kappa shape index (κ2) is 6.54. The van der Waals surface area contributed by atoms with Gasteiger partial charge in [-0.05, 0) is 17.7 Å². The molecule has 19 heavy (non-hydrogen) atoms. The zero-order chi connectivity index (χ0) is 13.5. The van der Waals surface area contributed by atoms with Gasteiger partial charge in [-0.3, -0.25) is 10.1 Å². The summed E-state index contributed by atoms with van der Waals surface area (Å²) < 4.78 is 5.61. The molecular formula is C15H15NO3. The molecule has 0 bridgehead atoms. The van der Waals surface area contributed by atoms with E-state index in [-0.39, 0.29) is 11.5 Å². The molecule has 98 valence electrons. The predicted molar refractivity (Wildman–Crippen MR) is 72.8 cm³/mol. The van der Waals surface area contributed by atoms with Crippen LogP contribution in [0.3, 0.4) is 0 Å². The molecule has 0 radical (unpaired) electrons. The number of nitro groups is 1. The highest BCUT2D eigenvalue weighted by atomic mass is 16.6. The maximum atomic E-state index is 10.4. The number of ether oxygens (including phenoxy) is 1. The summed E-state index contributed by atoms with van der Waals surface area (Å²) in [7, 11) is 0. The van der Waals surface area contributed by atoms with Gasteiger partial charge in [-0.15, -0.1) is 0 Å². The second-order valence-electron chi connectivity index (χ2n) is 4.22. The summed E-state index contributed by atoms with van der Waals surface area (Å²) in [5, 5.41) is 10.4.